The molecular weight excluding hydrogens is 176 g/mol. The van der Waals surface area contributed by atoms with Crippen molar-refractivity contribution in [3.05, 3.63) is 24.0 Å². The Morgan fingerprint density at radius 1 is 1.50 bits per heavy atom. The van der Waals surface area contributed by atoms with E-state index in [2.05, 4.69) is 10.3 Å². The van der Waals surface area contributed by atoms with Crippen molar-refractivity contribution in [1.29, 1.82) is 0 Å². The van der Waals surface area contributed by atoms with Gasteiger partial charge in [0, 0.05) is 18.9 Å². The Kier molecular flexibility index (Phi) is 4.70. The van der Waals surface area contributed by atoms with Crippen LogP contribution in [-0.4, -0.2) is 22.7 Å². The lowest BCUT2D eigenvalue weighted by Gasteiger charge is -2.14. The van der Waals surface area contributed by atoms with Crippen molar-refractivity contribution in [3.63, 3.8) is 0 Å². The van der Waals surface area contributed by atoms with Gasteiger partial charge in [0.1, 0.15) is 0 Å². The second-order valence-electron chi connectivity index (χ2n) is 4.00. The van der Waals surface area contributed by atoms with Crippen molar-refractivity contribution in [1.82, 2.24) is 10.3 Å². The van der Waals surface area contributed by atoms with Crippen molar-refractivity contribution in [2.45, 2.75) is 32.9 Å². The van der Waals surface area contributed by atoms with Crippen LogP contribution in [0.5, 0.6) is 0 Å². The molecule has 0 aliphatic carbocycles. The number of hydrogen-bond acceptors (Lipinski definition) is 2. The van der Waals surface area contributed by atoms with Gasteiger partial charge in [-0.2, -0.15) is 0 Å². The molecule has 3 N–H and O–H groups in total. The highest BCUT2D eigenvalue weighted by Crippen LogP contribution is 2.04. The number of H-pyrrole nitrogens is 1. The molecule has 1 rings (SSSR count). The summed E-state index contributed by atoms with van der Waals surface area (Å²) in [6, 6.07) is 2.05. The summed E-state index contributed by atoms with van der Waals surface area (Å²) in [7, 11) is 0. The highest BCUT2D eigenvalue weighted by Gasteiger charge is 2.07. The molecule has 1 unspecified atom stereocenters. The third kappa shape index (κ3) is 3.94. The van der Waals surface area contributed by atoms with Crippen molar-refractivity contribution in [2.24, 2.45) is 5.92 Å². The molecule has 0 fully saturated rings. The first kappa shape index (κ1) is 11.3. The number of nitrogens with one attached hydrogen (secondary N) is 2. The van der Waals surface area contributed by atoms with Crippen LogP contribution in [0, 0.1) is 5.92 Å². The number of aliphatic hydroxyl groups is 1. The van der Waals surface area contributed by atoms with E-state index in [0.29, 0.717) is 5.92 Å². The molecule has 0 aliphatic heterocycles. The van der Waals surface area contributed by atoms with Gasteiger partial charge >= 0.3 is 0 Å². The lowest BCUT2D eigenvalue weighted by molar-refractivity contribution is 0.116. The Hall–Kier alpha value is -0.800. The smallest absolute Gasteiger partial charge is 0.0575 e. The van der Waals surface area contributed by atoms with Crippen molar-refractivity contribution in [3.8, 4) is 0 Å². The van der Waals surface area contributed by atoms with E-state index in [0.717, 1.165) is 19.5 Å². The molecule has 0 aromatic carbocycles. The van der Waals surface area contributed by atoms with E-state index in [1.165, 1.54) is 5.56 Å². The summed E-state index contributed by atoms with van der Waals surface area (Å²) in [6.07, 6.45) is 4.53. The SMILES string of the molecule is CC(C)C(O)CCNCc1cc[nH]c1. The molecule has 1 atom stereocenters. The van der Waals surface area contributed by atoms with Gasteiger partial charge in [0.05, 0.1) is 6.10 Å². The second kappa shape index (κ2) is 5.83. The summed E-state index contributed by atoms with van der Waals surface area (Å²) < 4.78 is 0. The number of rotatable bonds is 6. The van der Waals surface area contributed by atoms with Crippen molar-refractivity contribution >= 4 is 0 Å². The van der Waals surface area contributed by atoms with Crippen LogP contribution in [0.4, 0.5) is 0 Å². The predicted octanol–water partition coefficient (Wildman–Crippen LogP) is 1.51. The molecule has 0 aliphatic rings. The van der Waals surface area contributed by atoms with Gasteiger partial charge in [0.2, 0.25) is 0 Å². The van der Waals surface area contributed by atoms with Gasteiger partial charge in [-0.25, -0.2) is 0 Å². The van der Waals surface area contributed by atoms with E-state index >= 15 is 0 Å². The molecule has 3 heteroatoms. The summed E-state index contributed by atoms with van der Waals surface area (Å²) >= 11 is 0. The first-order valence-electron chi connectivity index (χ1n) is 5.20. The molecule has 0 amide bonds. The molecule has 14 heavy (non-hydrogen) atoms. The molecule has 1 heterocycles. The Bertz CT molecular complexity index is 231. The molecule has 0 radical (unpaired) electrons. The first-order valence-corrected chi connectivity index (χ1v) is 5.20. The molecular formula is C11H20N2O. The van der Waals surface area contributed by atoms with Crippen molar-refractivity contribution in [2.75, 3.05) is 6.54 Å². The summed E-state index contributed by atoms with van der Waals surface area (Å²) in [5, 5.41) is 12.8. The minimum Gasteiger partial charge on any atom is -0.393 e. The van der Waals surface area contributed by atoms with E-state index in [4.69, 9.17) is 0 Å². The van der Waals surface area contributed by atoms with Gasteiger partial charge in [0.25, 0.3) is 0 Å². The van der Waals surface area contributed by atoms with Gasteiger partial charge in [0.15, 0.2) is 0 Å². The number of aliphatic hydroxyl groups excluding tert-OH is 1. The zero-order valence-corrected chi connectivity index (χ0v) is 8.96. The first-order chi connectivity index (χ1) is 6.70. The average Bonchev–Trinajstić information content (AvgIpc) is 2.64. The van der Waals surface area contributed by atoms with E-state index < -0.39 is 0 Å². The van der Waals surface area contributed by atoms with Gasteiger partial charge in [-0.15, -0.1) is 0 Å². The molecule has 80 valence electrons. The third-order valence-electron chi connectivity index (χ3n) is 2.38. The summed E-state index contributed by atoms with van der Waals surface area (Å²) in [5.41, 5.74) is 1.25. The van der Waals surface area contributed by atoms with Crippen LogP contribution in [0.2, 0.25) is 0 Å². The van der Waals surface area contributed by atoms with Crippen LogP contribution in [0.1, 0.15) is 25.8 Å². The third-order valence-corrected chi connectivity index (χ3v) is 2.38. The fraction of sp³-hybridized carbons (Fsp3) is 0.636. The van der Waals surface area contributed by atoms with Gasteiger partial charge in [-0.3, -0.25) is 0 Å². The maximum absolute atomic E-state index is 9.54. The minimum absolute atomic E-state index is 0.186. The monoisotopic (exact) mass is 196 g/mol. The van der Waals surface area contributed by atoms with E-state index in [1.54, 1.807) is 0 Å². The van der Waals surface area contributed by atoms with Crippen LogP contribution in [0.25, 0.3) is 0 Å². The normalized spacial score (nSPS) is 13.4. The molecule has 0 saturated heterocycles. The van der Waals surface area contributed by atoms with Crippen LogP contribution in [-0.2, 0) is 6.54 Å². The highest BCUT2D eigenvalue weighted by atomic mass is 16.3. The van der Waals surface area contributed by atoms with Crippen LogP contribution in [0.3, 0.4) is 0 Å². The Labute approximate surface area is 85.5 Å². The fourth-order valence-corrected chi connectivity index (χ4v) is 1.28. The van der Waals surface area contributed by atoms with Crippen molar-refractivity contribution < 1.29 is 5.11 Å². The predicted molar refractivity (Wildman–Crippen MR) is 58.0 cm³/mol. The van der Waals surface area contributed by atoms with Gasteiger partial charge in [-0.05, 0) is 30.5 Å². The Morgan fingerprint density at radius 3 is 2.86 bits per heavy atom. The van der Waals surface area contributed by atoms with Crippen LogP contribution >= 0.6 is 0 Å². The molecule has 0 saturated carbocycles. The number of hydrogen-bond donors (Lipinski definition) is 3. The standard InChI is InChI=1S/C11H20N2O/c1-9(2)11(14)4-6-13-8-10-3-5-12-7-10/h3,5,7,9,11-14H,4,6,8H2,1-2H3. The highest BCUT2D eigenvalue weighted by molar-refractivity contribution is 5.07. The average molecular weight is 196 g/mol. The van der Waals surface area contributed by atoms with Crippen LogP contribution in [0.15, 0.2) is 18.5 Å². The number of aromatic nitrogens is 1. The molecule has 1 aromatic rings. The number of aromatic amines is 1. The fourth-order valence-electron chi connectivity index (χ4n) is 1.28. The second-order valence-corrected chi connectivity index (χ2v) is 4.00. The lowest BCUT2D eigenvalue weighted by atomic mass is 10.0. The zero-order valence-electron chi connectivity index (χ0n) is 8.96. The van der Waals surface area contributed by atoms with Crippen LogP contribution < -0.4 is 5.32 Å². The topological polar surface area (TPSA) is 48.0 Å². The Balaban J connectivity index is 2.05. The zero-order chi connectivity index (χ0) is 10.4. The molecule has 1 aromatic heterocycles. The van der Waals surface area contributed by atoms with E-state index in [1.807, 2.05) is 32.3 Å². The van der Waals surface area contributed by atoms with E-state index in [9.17, 15) is 5.11 Å². The summed E-state index contributed by atoms with van der Waals surface area (Å²) in [4.78, 5) is 3.01. The van der Waals surface area contributed by atoms with E-state index in [-0.39, 0.29) is 6.10 Å². The lowest BCUT2D eigenvalue weighted by Crippen LogP contribution is -2.23. The quantitative estimate of drug-likeness (QED) is 0.604. The summed E-state index contributed by atoms with van der Waals surface area (Å²) in [6.45, 7) is 5.81. The maximum Gasteiger partial charge on any atom is 0.0575 e. The molecule has 0 bridgehead atoms. The maximum atomic E-state index is 9.54. The van der Waals surface area contributed by atoms with Gasteiger partial charge in [-0.1, -0.05) is 13.8 Å². The van der Waals surface area contributed by atoms with Gasteiger partial charge < -0.3 is 15.4 Å². The molecule has 3 nitrogen and oxygen atoms in total. The molecule has 0 spiro atoms. The summed E-state index contributed by atoms with van der Waals surface area (Å²) in [5.74, 6) is 0.351. The largest absolute Gasteiger partial charge is 0.393 e. The minimum atomic E-state index is -0.186. The Morgan fingerprint density at radius 2 is 2.29 bits per heavy atom.